The van der Waals surface area contributed by atoms with E-state index in [1.165, 1.54) is 12.8 Å². The first-order valence-electron chi connectivity index (χ1n) is 10.4. The molecule has 5 nitrogen and oxygen atoms in total. The molecule has 3 aliphatic carbocycles. The summed E-state index contributed by atoms with van der Waals surface area (Å²) in [6, 6.07) is 3.63. The molecule has 0 spiro atoms. The summed E-state index contributed by atoms with van der Waals surface area (Å²) in [5, 5.41) is 22.3. The summed E-state index contributed by atoms with van der Waals surface area (Å²) in [6.07, 6.45) is 5.91. The molecule has 1 heterocycles. The fourth-order valence-corrected chi connectivity index (χ4v) is 5.89. The predicted octanol–water partition coefficient (Wildman–Crippen LogP) is 2.55. The topological polar surface area (TPSA) is 70.0 Å². The molecule has 27 heavy (non-hydrogen) atoms. The molecule has 0 amide bonds. The highest BCUT2D eigenvalue weighted by Crippen LogP contribution is 2.61. The predicted molar refractivity (Wildman–Crippen MR) is 101 cm³/mol. The summed E-state index contributed by atoms with van der Waals surface area (Å²) in [4.78, 5) is 15.2. The van der Waals surface area contributed by atoms with Crippen LogP contribution in [0.3, 0.4) is 0 Å². The molecule has 1 aromatic rings. The van der Waals surface area contributed by atoms with Crippen LogP contribution in [-0.2, 0) is 16.6 Å². The van der Waals surface area contributed by atoms with Gasteiger partial charge in [0, 0.05) is 18.5 Å². The number of phenols is 1. The Morgan fingerprint density at radius 3 is 2.85 bits per heavy atom. The van der Waals surface area contributed by atoms with Crippen molar-refractivity contribution in [1.29, 1.82) is 0 Å². The van der Waals surface area contributed by atoms with E-state index in [9.17, 15) is 15.0 Å². The first kappa shape index (κ1) is 17.5. The van der Waals surface area contributed by atoms with E-state index in [2.05, 4.69) is 11.9 Å². The highest BCUT2D eigenvalue weighted by atomic mass is 16.5. The minimum Gasteiger partial charge on any atom is -0.504 e. The van der Waals surface area contributed by atoms with E-state index in [-0.39, 0.29) is 11.5 Å². The lowest BCUT2D eigenvalue weighted by Gasteiger charge is -2.50. The maximum absolute atomic E-state index is 12.9. The zero-order chi connectivity index (χ0) is 18.8. The minimum atomic E-state index is -0.948. The van der Waals surface area contributed by atoms with Gasteiger partial charge in [0.05, 0.1) is 11.0 Å². The van der Waals surface area contributed by atoms with Crippen LogP contribution in [0, 0.1) is 5.92 Å². The lowest BCUT2D eigenvalue weighted by atomic mass is 9.56. The summed E-state index contributed by atoms with van der Waals surface area (Å²) >= 11 is 0. The van der Waals surface area contributed by atoms with Gasteiger partial charge >= 0.3 is 0 Å². The van der Waals surface area contributed by atoms with Crippen molar-refractivity contribution in [2.45, 2.75) is 68.5 Å². The Morgan fingerprint density at radius 1 is 1.26 bits per heavy atom. The number of carbonyl (C=O) groups is 1. The van der Waals surface area contributed by atoms with E-state index in [0.29, 0.717) is 31.4 Å². The van der Waals surface area contributed by atoms with E-state index in [0.717, 1.165) is 43.0 Å². The molecule has 0 saturated heterocycles. The van der Waals surface area contributed by atoms with E-state index in [1.54, 1.807) is 6.07 Å². The highest BCUT2D eigenvalue weighted by Gasteiger charge is 2.67. The standard InChI is InChI=1S/C22H29NO4/c1-23(13-14-4-5-14)12-11-22-18-15-3-2-9-21(22,26)10-8-17(25)20(22)27-19(18)16(24)7-6-15/h6-7,14,20,24,26H,2-5,8-13H2,1H3. The van der Waals surface area contributed by atoms with Crippen LogP contribution in [0.4, 0.5) is 0 Å². The normalized spacial score (nSPS) is 34.3. The van der Waals surface area contributed by atoms with Crippen LogP contribution in [-0.4, -0.2) is 52.7 Å². The van der Waals surface area contributed by atoms with Crippen LogP contribution in [0.25, 0.3) is 0 Å². The van der Waals surface area contributed by atoms with Gasteiger partial charge in [0.25, 0.3) is 0 Å². The molecular formula is C22H29NO4. The van der Waals surface area contributed by atoms with Crippen molar-refractivity contribution in [3.8, 4) is 11.5 Å². The van der Waals surface area contributed by atoms with Gasteiger partial charge in [-0.05, 0) is 76.1 Å². The fraction of sp³-hybridized carbons (Fsp3) is 0.682. The van der Waals surface area contributed by atoms with Crippen LogP contribution in [0.1, 0.15) is 56.1 Å². The Morgan fingerprint density at radius 2 is 2.07 bits per heavy atom. The van der Waals surface area contributed by atoms with Crippen molar-refractivity contribution < 1.29 is 19.7 Å². The van der Waals surface area contributed by atoms with Gasteiger partial charge in [-0.2, -0.15) is 0 Å². The number of hydrogen-bond donors (Lipinski definition) is 2. The van der Waals surface area contributed by atoms with Gasteiger partial charge in [-0.15, -0.1) is 0 Å². The lowest BCUT2D eigenvalue weighted by Crippen LogP contribution is -2.63. The number of carbonyl (C=O) groups excluding carboxylic acids is 1. The number of Topliss-reactive ketones (excluding diaryl/α,β-unsaturated/α-hetero) is 1. The zero-order valence-corrected chi connectivity index (χ0v) is 16.0. The van der Waals surface area contributed by atoms with Crippen LogP contribution in [0.5, 0.6) is 11.5 Å². The number of aliphatic hydroxyl groups is 1. The van der Waals surface area contributed by atoms with Crippen LogP contribution in [0.2, 0.25) is 0 Å². The van der Waals surface area contributed by atoms with Crippen LogP contribution >= 0.6 is 0 Å². The molecule has 1 aromatic carbocycles. The third kappa shape index (κ3) is 2.47. The van der Waals surface area contributed by atoms with Gasteiger partial charge in [0.15, 0.2) is 23.4 Å². The Balaban J connectivity index is 1.61. The number of rotatable bonds is 5. The number of aryl methyl sites for hydroxylation is 1. The summed E-state index contributed by atoms with van der Waals surface area (Å²) in [7, 11) is 2.13. The van der Waals surface area contributed by atoms with Crippen molar-refractivity contribution in [3.05, 3.63) is 23.3 Å². The minimum absolute atomic E-state index is 0.0629. The van der Waals surface area contributed by atoms with E-state index < -0.39 is 17.1 Å². The molecule has 0 bridgehead atoms. The van der Waals surface area contributed by atoms with Gasteiger partial charge in [-0.3, -0.25) is 4.79 Å². The number of hydrogen-bond acceptors (Lipinski definition) is 5. The van der Waals surface area contributed by atoms with Crippen molar-refractivity contribution in [2.75, 3.05) is 20.1 Å². The number of ether oxygens (including phenoxy) is 1. The maximum Gasteiger partial charge on any atom is 0.174 e. The van der Waals surface area contributed by atoms with E-state index in [1.807, 2.05) is 6.07 Å². The van der Waals surface area contributed by atoms with Crippen molar-refractivity contribution in [3.63, 3.8) is 0 Å². The molecule has 2 fully saturated rings. The number of phenolic OH excluding ortho intramolecular Hbond substituents is 1. The second-order valence-electron chi connectivity index (χ2n) is 9.22. The van der Waals surface area contributed by atoms with Crippen molar-refractivity contribution in [1.82, 2.24) is 4.90 Å². The average molecular weight is 371 g/mol. The second kappa shape index (κ2) is 5.95. The summed E-state index contributed by atoms with van der Waals surface area (Å²) in [5.41, 5.74) is 0.359. The highest BCUT2D eigenvalue weighted by molar-refractivity contribution is 5.89. The lowest BCUT2D eigenvalue weighted by molar-refractivity contribution is -0.152. The van der Waals surface area contributed by atoms with Gasteiger partial charge < -0.3 is 19.8 Å². The summed E-state index contributed by atoms with van der Waals surface area (Å²) < 4.78 is 6.12. The first-order valence-corrected chi connectivity index (χ1v) is 10.4. The van der Waals surface area contributed by atoms with E-state index >= 15 is 0 Å². The number of nitrogens with zero attached hydrogens (tertiary/aromatic N) is 1. The summed E-state index contributed by atoms with van der Waals surface area (Å²) in [6.45, 7) is 1.90. The number of aromatic hydroxyl groups is 1. The molecule has 4 aliphatic rings. The molecule has 3 atom stereocenters. The average Bonchev–Trinajstić information content (AvgIpc) is 3.38. The zero-order valence-electron chi connectivity index (χ0n) is 16.0. The number of ketones is 1. The third-order valence-electron chi connectivity index (χ3n) is 7.45. The Kier molecular flexibility index (Phi) is 3.86. The SMILES string of the molecule is CN(CCC12c3c4ccc(O)c3OC1C(=O)CCC2(O)CCC4)CC1CC1. The molecule has 2 N–H and O–H groups in total. The third-order valence-corrected chi connectivity index (χ3v) is 7.45. The largest absolute Gasteiger partial charge is 0.504 e. The molecule has 1 aliphatic heterocycles. The summed E-state index contributed by atoms with van der Waals surface area (Å²) in [5.74, 6) is 1.40. The maximum atomic E-state index is 12.9. The Labute approximate surface area is 160 Å². The molecular weight excluding hydrogens is 342 g/mol. The van der Waals surface area contributed by atoms with Crippen LogP contribution < -0.4 is 4.74 Å². The molecule has 5 heteroatoms. The Bertz CT molecular complexity index is 789. The first-order chi connectivity index (χ1) is 12.9. The molecule has 146 valence electrons. The monoisotopic (exact) mass is 371 g/mol. The van der Waals surface area contributed by atoms with Gasteiger partial charge in [-0.1, -0.05) is 6.07 Å². The van der Waals surface area contributed by atoms with Crippen molar-refractivity contribution in [2.24, 2.45) is 5.92 Å². The second-order valence-corrected chi connectivity index (χ2v) is 9.22. The molecule has 3 unspecified atom stereocenters. The molecule has 2 saturated carbocycles. The molecule has 0 aromatic heterocycles. The fourth-order valence-electron chi connectivity index (χ4n) is 5.89. The van der Waals surface area contributed by atoms with E-state index in [4.69, 9.17) is 4.74 Å². The molecule has 0 radical (unpaired) electrons. The number of benzene rings is 1. The van der Waals surface area contributed by atoms with Gasteiger partial charge in [-0.25, -0.2) is 0 Å². The molecule has 5 rings (SSSR count). The van der Waals surface area contributed by atoms with Crippen LogP contribution in [0.15, 0.2) is 12.1 Å². The van der Waals surface area contributed by atoms with Gasteiger partial charge in [0.2, 0.25) is 0 Å². The van der Waals surface area contributed by atoms with Gasteiger partial charge in [0.1, 0.15) is 0 Å². The Hall–Kier alpha value is -1.59. The smallest absolute Gasteiger partial charge is 0.174 e. The quantitative estimate of drug-likeness (QED) is 0.832. The van der Waals surface area contributed by atoms with Crippen molar-refractivity contribution >= 4 is 5.78 Å².